The lowest BCUT2D eigenvalue weighted by atomic mass is 9.98. The van der Waals surface area contributed by atoms with Crippen molar-refractivity contribution in [1.82, 2.24) is 10.2 Å². The van der Waals surface area contributed by atoms with Crippen LogP contribution in [0.2, 0.25) is 5.02 Å². The van der Waals surface area contributed by atoms with E-state index < -0.39 is 0 Å². The van der Waals surface area contributed by atoms with E-state index in [1.165, 1.54) is 0 Å². The van der Waals surface area contributed by atoms with E-state index in [0.29, 0.717) is 5.91 Å². The first kappa shape index (κ1) is 17.4. The van der Waals surface area contributed by atoms with Crippen LogP contribution in [-0.2, 0) is 4.79 Å². The van der Waals surface area contributed by atoms with Crippen LogP contribution in [-0.4, -0.2) is 50.1 Å². The van der Waals surface area contributed by atoms with Gasteiger partial charge in [0.2, 0.25) is 5.91 Å². The van der Waals surface area contributed by atoms with Gasteiger partial charge in [-0.15, -0.1) is 12.4 Å². The van der Waals surface area contributed by atoms with E-state index in [0.717, 1.165) is 62.8 Å². The predicted octanol–water partition coefficient (Wildman–Crippen LogP) is 2.41. The van der Waals surface area contributed by atoms with Crippen LogP contribution in [0.3, 0.4) is 0 Å². The fourth-order valence-corrected chi connectivity index (χ4v) is 3.36. The van der Waals surface area contributed by atoms with Crippen molar-refractivity contribution in [2.45, 2.75) is 12.8 Å². The molecule has 1 atom stereocenters. The van der Waals surface area contributed by atoms with Gasteiger partial charge in [0.25, 0.3) is 0 Å². The van der Waals surface area contributed by atoms with E-state index in [-0.39, 0.29) is 18.3 Å². The first-order valence-electron chi connectivity index (χ1n) is 7.74. The number of nitrogens with zero attached hydrogens (tertiary/aromatic N) is 2. The summed E-state index contributed by atoms with van der Waals surface area (Å²) in [6.07, 6.45) is 2.14. The normalized spacial score (nSPS) is 22.1. The van der Waals surface area contributed by atoms with Gasteiger partial charge >= 0.3 is 0 Å². The highest BCUT2D eigenvalue weighted by atomic mass is 35.5. The Hall–Kier alpha value is -0.970. The molecule has 0 aliphatic carbocycles. The van der Waals surface area contributed by atoms with Crippen LogP contribution in [0, 0.1) is 5.92 Å². The van der Waals surface area contributed by atoms with Crippen LogP contribution < -0.4 is 10.2 Å². The number of piperazine rings is 1. The molecule has 6 heteroatoms. The van der Waals surface area contributed by atoms with E-state index in [1.807, 2.05) is 23.1 Å². The second-order valence-electron chi connectivity index (χ2n) is 5.84. The van der Waals surface area contributed by atoms with Crippen molar-refractivity contribution in [3.05, 3.63) is 29.3 Å². The molecule has 1 N–H and O–H groups in total. The van der Waals surface area contributed by atoms with Crippen LogP contribution in [0.1, 0.15) is 12.8 Å². The molecular weight excluding hydrogens is 321 g/mol. The van der Waals surface area contributed by atoms with Gasteiger partial charge < -0.3 is 15.1 Å². The molecule has 2 aliphatic heterocycles. The maximum absolute atomic E-state index is 12.5. The van der Waals surface area contributed by atoms with Gasteiger partial charge in [-0.3, -0.25) is 4.79 Å². The zero-order valence-corrected chi connectivity index (χ0v) is 14.2. The predicted molar refractivity (Wildman–Crippen MR) is 93.1 cm³/mol. The zero-order valence-electron chi connectivity index (χ0n) is 12.6. The summed E-state index contributed by atoms with van der Waals surface area (Å²) in [5.41, 5.74) is 1.15. The lowest BCUT2D eigenvalue weighted by Crippen LogP contribution is -2.52. The number of halogens is 2. The molecule has 0 saturated carbocycles. The van der Waals surface area contributed by atoms with Crippen molar-refractivity contribution < 1.29 is 4.79 Å². The highest BCUT2D eigenvalue weighted by Gasteiger charge is 2.28. The summed E-state index contributed by atoms with van der Waals surface area (Å²) in [6, 6.07) is 7.93. The lowest BCUT2D eigenvalue weighted by Gasteiger charge is -2.38. The Morgan fingerprint density at radius 2 is 2.00 bits per heavy atom. The second kappa shape index (κ2) is 8.04. The van der Waals surface area contributed by atoms with E-state index in [1.54, 1.807) is 0 Å². The number of rotatable bonds is 2. The first-order chi connectivity index (χ1) is 10.2. The lowest BCUT2D eigenvalue weighted by molar-refractivity contribution is -0.136. The largest absolute Gasteiger partial charge is 0.368 e. The average Bonchev–Trinajstić information content (AvgIpc) is 2.55. The smallest absolute Gasteiger partial charge is 0.227 e. The molecule has 0 spiro atoms. The molecule has 22 heavy (non-hydrogen) atoms. The number of nitrogens with one attached hydrogen (secondary N) is 1. The van der Waals surface area contributed by atoms with Crippen molar-refractivity contribution in [2.24, 2.45) is 5.92 Å². The maximum Gasteiger partial charge on any atom is 0.227 e. The minimum Gasteiger partial charge on any atom is -0.368 e. The summed E-state index contributed by atoms with van der Waals surface area (Å²) in [5.74, 6) is 0.504. The quantitative estimate of drug-likeness (QED) is 0.895. The summed E-state index contributed by atoms with van der Waals surface area (Å²) in [6.45, 7) is 5.27. The van der Waals surface area contributed by atoms with Crippen LogP contribution in [0.15, 0.2) is 24.3 Å². The van der Waals surface area contributed by atoms with Gasteiger partial charge in [-0.1, -0.05) is 17.7 Å². The molecule has 1 aromatic carbocycles. The summed E-state index contributed by atoms with van der Waals surface area (Å²) >= 11 is 6.05. The summed E-state index contributed by atoms with van der Waals surface area (Å²) in [4.78, 5) is 16.8. The monoisotopic (exact) mass is 343 g/mol. The van der Waals surface area contributed by atoms with E-state index in [2.05, 4.69) is 16.3 Å². The maximum atomic E-state index is 12.5. The highest BCUT2D eigenvalue weighted by Crippen LogP contribution is 2.22. The highest BCUT2D eigenvalue weighted by molar-refractivity contribution is 6.30. The Kier molecular flexibility index (Phi) is 6.36. The molecule has 1 unspecified atom stereocenters. The Bertz CT molecular complexity index is 498. The number of anilines is 1. The van der Waals surface area contributed by atoms with Crippen LogP contribution >= 0.6 is 24.0 Å². The number of amides is 1. The number of hydrogen-bond donors (Lipinski definition) is 1. The molecule has 122 valence electrons. The SMILES string of the molecule is Cl.O=C(C1CCCNC1)N1CCN(c2cccc(Cl)c2)CC1. The molecule has 2 aliphatic rings. The molecule has 0 radical (unpaired) electrons. The fourth-order valence-electron chi connectivity index (χ4n) is 3.18. The molecular formula is C16H23Cl2N3O. The number of hydrogen-bond acceptors (Lipinski definition) is 3. The molecule has 2 heterocycles. The van der Waals surface area contributed by atoms with Gasteiger partial charge in [-0.05, 0) is 37.6 Å². The number of piperidine rings is 1. The minimum atomic E-state index is 0. The number of carbonyl (C=O) groups excluding carboxylic acids is 1. The van der Waals surface area contributed by atoms with E-state index >= 15 is 0 Å². The van der Waals surface area contributed by atoms with Gasteiger partial charge in [-0.25, -0.2) is 0 Å². The van der Waals surface area contributed by atoms with Crippen molar-refractivity contribution >= 4 is 35.6 Å². The topological polar surface area (TPSA) is 35.6 Å². The van der Waals surface area contributed by atoms with E-state index in [4.69, 9.17) is 11.6 Å². The molecule has 2 fully saturated rings. The standard InChI is InChI=1S/C16H22ClN3O.ClH/c17-14-4-1-5-15(11-14)19-7-9-20(10-8-19)16(21)13-3-2-6-18-12-13;/h1,4-5,11,13,18H,2-3,6-10,12H2;1H. The van der Waals surface area contributed by atoms with Gasteiger partial charge in [0.15, 0.2) is 0 Å². The summed E-state index contributed by atoms with van der Waals surface area (Å²) in [7, 11) is 0. The molecule has 2 saturated heterocycles. The third-order valence-corrected chi connectivity index (χ3v) is 4.65. The Balaban J connectivity index is 0.00000176. The van der Waals surface area contributed by atoms with Crippen LogP contribution in [0.5, 0.6) is 0 Å². The molecule has 0 bridgehead atoms. The average molecular weight is 344 g/mol. The number of carbonyl (C=O) groups is 1. The molecule has 0 aromatic heterocycles. The Morgan fingerprint density at radius 3 is 2.64 bits per heavy atom. The van der Waals surface area contributed by atoms with Crippen LogP contribution in [0.25, 0.3) is 0 Å². The Morgan fingerprint density at radius 1 is 1.23 bits per heavy atom. The number of benzene rings is 1. The van der Waals surface area contributed by atoms with Crippen molar-refractivity contribution in [3.63, 3.8) is 0 Å². The third-order valence-electron chi connectivity index (χ3n) is 4.41. The van der Waals surface area contributed by atoms with Gasteiger partial charge in [0, 0.05) is 43.4 Å². The van der Waals surface area contributed by atoms with E-state index in [9.17, 15) is 4.79 Å². The molecule has 1 amide bonds. The summed E-state index contributed by atoms with van der Waals surface area (Å²) in [5, 5.41) is 4.09. The fraction of sp³-hybridized carbons (Fsp3) is 0.562. The third kappa shape index (κ3) is 4.06. The molecule has 3 rings (SSSR count). The van der Waals surface area contributed by atoms with Gasteiger partial charge in [0.05, 0.1) is 5.92 Å². The Labute approximate surface area is 143 Å². The van der Waals surface area contributed by atoms with Crippen molar-refractivity contribution in [2.75, 3.05) is 44.2 Å². The molecule has 4 nitrogen and oxygen atoms in total. The minimum absolute atomic E-state index is 0. The second-order valence-corrected chi connectivity index (χ2v) is 6.27. The van der Waals surface area contributed by atoms with Crippen molar-refractivity contribution in [3.8, 4) is 0 Å². The van der Waals surface area contributed by atoms with Gasteiger partial charge in [-0.2, -0.15) is 0 Å². The van der Waals surface area contributed by atoms with Crippen molar-refractivity contribution in [1.29, 1.82) is 0 Å². The van der Waals surface area contributed by atoms with Gasteiger partial charge in [0.1, 0.15) is 0 Å². The first-order valence-corrected chi connectivity index (χ1v) is 8.12. The van der Waals surface area contributed by atoms with Crippen LogP contribution in [0.4, 0.5) is 5.69 Å². The summed E-state index contributed by atoms with van der Waals surface area (Å²) < 4.78 is 0. The zero-order chi connectivity index (χ0) is 14.7. The molecule has 1 aromatic rings.